The van der Waals surface area contributed by atoms with Crippen molar-refractivity contribution < 1.29 is 21.2 Å². The average molecular weight is 399 g/mol. The van der Waals surface area contributed by atoms with E-state index in [-0.39, 0.29) is 17.1 Å². The molecule has 26 heavy (non-hydrogen) atoms. The molecule has 0 aromatic heterocycles. The number of hydrogen-bond donors (Lipinski definition) is 3. The number of fused-ring (bicyclic) bond motifs is 1. The molecule has 0 aliphatic carbocycles. The zero-order valence-electron chi connectivity index (χ0n) is 13.9. The van der Waals surface area contributed by atoms with Crippen LogP contribution in [0.4, 0.5) is 10.1 Å². The Balaban J connectivity index is 1.75. The van der Waals surface area contributed by atoms with Gasteiger partial charge in [0, 0.05) is 19.6 Å². The average Bonchev–Trinajstić information content (AvgIpc) is 3.01. The molecule has 3 N–H and O–H groups in total. The summed E-state index contributed by atoms with van der Waals surface area (Å²) in [5.74, 6) is -0.970. The fourth-order valence-electron chi connectivity index (χ4n) is 2.67. The number of sulfonamides is 2. The highest BCUT2D eigenvalue weighted by atomic mass is 32.2. The van der Waals surface area contributed by atoms with Crippen LogP contribution < -0.4 is 14.8 Å². The summed E-state index contributed by atoms with van der Waals surface area (Å²) >= 11 is 0. The van der Waals surface area contributed by atoms with E-state index in [2.05, 4.69) is 10.0 Å². The summed E-state index contributed by atoms with van der Waals surface area (Å²) in [5.41, 5.74) is 2.81. The number of benzene rings is 2. The van der Waals surface area contributed by atoms with Gasteiger partial charge in [0.15, 0.2) is 0 Å². The maximum Gasteiger partial charge on any atom is 0.240 e. The topological polar surface area (TPSA) is 104 Å². The second-order valence-corrected chi connectivity index (χ2v) is 9.56. The van der Waals surface area contributed by atoms with Crippen LogP contribution in [-0.2, 0) is 39.7 Å². The Kier molecular flexibility index (Phi) is 5.02. The molecule has 10 heteroatoms. The number of anilines is 1. The van der Waals surface area contributed by atoms with Gasteiger partial charge >= 0.3 is 0 Å². The van der Waals surface area contributed by atoms with Gasteiger partial charge in [0.2, 0.25) is 20.0 Å². The maximum absolute atomic E-state index is 14.0. The molecule has 0 amide bonds. The van der Waals surface area contributed by atoms with Crippen LogP contribution in [0.15, 0.2) is 41.3 Å². The van der Waals surface area contributed by atoms with Crippen molar-refractivity contribution in [1.29, 1.82) is 0 Å². The normalized spacial score (nSPS) is 14.2. The minimum Gasteiger partial charge on any atom is -0.309 e. The van der Waals surface area contributed by atoms with Crippen LogP contribution in [0, 0.1) is 5.82 Å². The third-order valence-corrected chi connectivity index (χ3v) is 5.90. The van der Waals surface area contributed by atoms with E-state index >= 15 is 0 Å². The van der Waals surface area contributed by atoms with Crippen LogP contribution in [0.5, 0.6) is 0 Å². The first kappa shape index (κ1) is 18.8. The van der Waals surface area contributed by atoms with Crippen LogP contribution in [0.25, 0.3) is 0 Å². The number of rotatable bonds is 6. The molecule has 0 radical (unpaired) electrons. The molecule has 3 rings (SSSR count). The van der Waals surface area contributed by atoms with E-state index in [0.717, 1.165) is 48.7 Å². The molecule has 1 aliphatic heterocycles. The minimum absolute atomic E-state index is 0.0700. The first-order valence-electron chi connectivity index (χ1n) is 7.72. The van der Waals surface area contributed by atoms with Crippen LogP contribution in [0.3, 0.4) is 0 Å². The van der Waals surface area contributed by atoms with Gasteiger partial charge in [0.25, 0.3) is 0 Å². The van der Waals surface area contributed by atoms with Gasteiger partial charge < -0.3 is 5.32 Å². The second kappa shape index (κ2) is 6.95. The SMILES string of the molecule is CS(=O)(=O)Nc1ccc(S(=O)(=O)NCc2ccc3c(c2)CNC3)cc1F. The third-order valence-electron chi connectivity index (χ3n) is 3.91. The summed E-state index contributed by atoms with van der Waals surface area (Å²) in [7, 11) is -7.60. The smallest absolute Gasteiger partial charge is 0.240 e. The minimum atomic E-state index is -3.94. The highest BCUT2D eigenvalue weighted by molar-refractivity contribution is 7.92. The van der Waals surface area contributed by atoms with Crippen molar-refractivity contribution in [1.82, 2.24) is 10.0 Å². The van der Waals surface area contributed by atoms with Crippen LogP contribution in [0.1, 0.15) is 16.7 Å². The fourth-order valence-corrected chi connectivity index (χ4v) is 4.26. The standard InChI is InChI=1S/C16H18FN3O4S2/c1-25(21,22)20-16-5-4-14(7-15(16)17)26(23,24)19-8-11-2-3-12-9-18-10-13(12)6-11/h2-7,18-20H,8-10H2,1H3. The first-order valence-corrected chi connectivity index (χ1v) is 11.1. The maximum atomic E-state index is 14.0. The molecule has 0 fully saturated rings. The lowest BCUT2D eigenvalue weighted by Crippen LogP contribution is -2.23. The predicted octanol–water partition coefficient (Wildman–Crippen LogP) is 1.28. The summed E-state index contributed by atoms with van der Waals surface area (Å²) in [6.07, 6.45) is 0.880. The molecule has 140 valence electrons. The quantitative estimate of drug-likeness (QED) is 0.679. The van der Waals surface area contributed by atoms with Crippen molar-refractivity contribution in [3.63, 3.8) is 0 Å². The van der Waals surface area contributed by atoms with Gasteiger partial charge in [-0.3, -0.25) is 4.72 Å². The summed E-state index contributed by atoms with van der Waals surface area (Å²) in [5, 5.41) is 3.21. The Bertz CT molecular complexity index is 1050. The summed E-state index contributed by atoms with van der Waals surface area (Å²) in [6, 6.07) is 8.72. The van der Waals surface area contributed by atoms with Crippen molar-refractivity contribution in [2.24, 2.45) is 0 Å². The molecular weight excluding hydrogens is 381 g/mol. The molecule has 0 saturated heterocycles. The van der Waals surface area contributed by atoms with Gasteiger partial charge in [0.05, 0.1) is 16.8 Å². The molecule has 0 bridgehead atoms. The molecule has 0 saturated carbocycles. The Labute approximate surface area is 151 Å². The Hall–Kier alpha value is -2.01. The summed E-state index contributed by atoms with van der Waals surface area (Å²) in [6.45, 7) is 1.62. The van der Waals surface area contributed by atoms with Gasteiger partial charge in [-0.1, -0.05) is 18.2 Å². The van der Waals surface area contributed by atoms with Crippen LogP contribution in [0.2, 0.25) is 0 Å². The monoisotopic (exact) mass is 399 g/mol. The van der Waals surface area contributed by atoms with Crippen LogP contribution in [-0.4, -0.2) is 23.1 Å². The van der Waals surface area contributed by atoms with E-state index in [0.29, 0.717) is 0 Å². The zero-order valence-corrected chi connectivity index (χ0v) is 15.5. The van der Waals surface area contributed by atoms with Crippen molar-refractivity contribution >= 4 is 25.7 Å². The molecule has 2 aromatic carbocycles. The second-order valence-electron chi connectivity index (χ2n) is 6.05. The van der Waals surface area contributed by atoms with Crippen molar-refractivity contribution in [3.8, 4) is 0 Å². The molecule has 0 spiro atoms. The largest absolute Gasteiger partial charge is 0.309 e. The fraction of sp³-hybridized carbons (Fsp3) is 0.250. The molecule has 2 aromatic rings. The molecule has 0 atom stereocenters. The van der Waals surface area contributed by atoms with Gasteiger partial charge in [-0.25, -0.2) is 25.9 Å². The number of hydrogen-bond acceptors (Lipinski definition) is 5. The van der Waals surface area contributed by atoms with Crippen molar-refractivity contribution in [2.45, 2.75) is 24.5 Å². The lowest BCUT2D eigenvalue weighted by Gasteiger charge is -2.10. The molecule has 1 heterocycles. The highest BCUT2D eigenvalue weighted by Gasteiger charge is 2.18. The molecular formula is C16H18FN3O4S2. The summed E-state index contributed by atoms with van der Waals surface area (Å²) < 4.78 is 65.5. The van der Waals surface area contributed by atoms with E-state index in [1.165, 1.54) is 5.56 Å². The van der Waals surface area contributed by atoms with E-state index in [9.17, 15) is 21.2 Å². The third kappa shape index (κ3) is 4.39. The highest BCUT2D eigenvalue weighted by Crippen LogP contribution is 2.21. The molecule has 7 nitrogen and oxygen atoms in total. The van der Waals surface area contributed by atoms with E-state index < -0.39 is 25.9 Å². The van der Waals surface area contributed by atoms with E-state index in [1.807, 2.05) is 22.9 Å². The van der Waals surface area contributed by atoms with E-state index in [1.54, 1.807) is 0 Å². The van der Waals surface area contributed by atoms with Gasteiger partial charge in [-0.05, 0) is 34.9 Å². The van der Waals surface area contributed by atoms with Crippen molar-refractivity contribution in [2.75, 3.05) is 11.0 Å². The summed E-state index contributed by atoms with van der Waals surface area (Å²) in [4.78, 5) is -0.281. The molecule has 1 aliphatic rings. The Morgan fingerprint density at radius 1 is 1.04 bits per heavy atom. The lowest BCUT2D eigenvalue weighted by atomic mass is 10.1. The lowest BCUT2D eigenvalue weighted by molar-refractivity contribution is 0.578. The number of halogens is 1. The van der Waals surface area contributed by atoms with Gasteiger partial charge in [-0.15, -0.1) is 0 Å². The van der Waals surface area contributed by atoms with Crippen LogP contribution >= 0.6 is 0 Å². The Morgan fingerprint density at radius 3 is 2.46 bits per heavy atom. The van der Waals surface area contributed by atoms with E-state index in [4.69, 9.17) is 0 Å². The zero-order chi connectivity index (χ0) is 18.9. The predicted molar refractivity (Wildman–Crippen MR) is 95.9 cm³/mol. The van der Waals surface area contributed by atoms with Gasteiger partial charge in [-0.2, -0.15) is 0 Å². The van der Waals surface area contributed by atoms with Gasteiger partial charge in [0.1, 0.15) is 5.82 Å². The number of nitrogens with one attached hydrogen (secondary N) is 3. The Morgan fingerprint density at radius 2 is 1.77 bits per heavy atom. The molecule has 0 unspecified atom stereocenters. The first-order chi connectivity index (χ1) is 12.1. The van der Waals surface area contributed by atoms with Crippen molar-refractivity contribution in [3.05, 3.63) is 58.9 Å².